The minimum absolute atomic E-state index is 0.782. The summed E-state index contributed by atoms with van der Waals surface area (Å²) in [4.78, 5) is 0. The lowest BCUT2D eigenvalue weighted by molar-refractivity contribution is 0.712. The number of rotatable bonds is 5. The van der Waals surface area contributed by atoms with Crippen LogP contribution in [-0.2, 0) is 0 Å². The van der Waals surface area contributed by atoms with E-state index in [2.05, 4.69) is 59.2 Å². The van der Waals surface area contributed by atoms with Crippen molar-refractivity contribution in [3.8, 4) is 0 Å². The molecule has 2 N–H and O–H groups in total. The summed E-state index contributed by atoms with van der Waals surface area (Å²) in [5.74, 6) is 0.782. The average molecular weight is 288 g/mol. The van der Waals surface area contributed by atoms with Gasteiger partial charge in [-0.05, 0) is 66.3 Å². The Labute approximate surface area is 131 Å². The van der Waals surface area contributed by atoms with Gasteiger partial charge < -0.3 is 10.6 Å². The third kappa shape index (κ3) is 2.77. The third-order valence-corrected chi connectivity index (χ3v) is 4.47. The van der Waals surface area contributed by atoms with E-state index in [1.807, 2.05) is 18.2 Å². The summed E-state index contributed by atoms with van der Waals surface area (Å²) in [5, 5.41) is 6.95. The molecule has 4 rings (SSSR count). The van der Waals surface area contributed by atoms with E-state index in [1.165, 1.54) is 18.5 Å². The Hall–Kier alpha value is -2.48. The number of allylic oxidation sites excluding steroid dienone is 3. The Balaban J connectivity index is 1.37. The summed E-state index contributed by atoms with van der Waals surface area (Å²) in [7, 11) is 0. The average Bonchev–Trinajstić information content (AvgIpc) is 3.18. The minimum atomic E-state index is 0.782. The Morgan fingerprint density at radius 2 is 1.55 bits per heavy atom. The smallest absolute Gasteiger partial charge is 0.0385 e. The molecule has 22 heavy (non-hydrogen) atoms. The van der Waals surface area contributed by atoms with Gasteiger partial charge in [0.05, 0.1) is 0 Å². The Morgan fingerprint density at radius 1 is 0.818 bits per heavy atom. The van der Waals surface area contributed by atoms with Crippen LogP contribution in [0.25, 0.3) is 0 Å². The van der Waals surface area contributed by atoms with Crippen LogP contribution in [-0.4, -0.2) is 6.54 Å². The predicted octanol–water partition coefficient (Wildman–Crippen LogP) is 5.12. The second-order valence-corrected chi connectivity index (χ2v) is 6.08. The van der Waals surface area contributed by atoms with Gasteiger partial charge in [0.1, 0.15) is 0 Å². The SMILES string of the molecule is C1=CC2CC1=C(CNc1ccc(Nc3ccccc3)cc1)C2. The number of nitrogens with one attached hydrogen (secondary N) is 2. The van der Waals surface area contributed by atoms with E-state index < -0.39 is 0 Å². The molecule has 2 heteroatoms. The molecule has 2 aliphatic carbocycles. The van der Waals surface area contributed by atoms with Crippen molar-refractivity contribution in [2.45, 2.75) is 12.8 Å². The van der Waals surface area contributed by atoms with Crippen LogP contribution < -0.4 is 10.6 Å². The fraction of sp³-hybridized carbons (Fsp3) is 0.200. The summed E-state index contributed by atoms with van der Waals surface area (Å²) in [6.07, 6.45) is 7.16. The first-order valence-corrected chi connectivity index (χ1v) is 7.92. The quantitative estimate of drug-likeness (QED) is 0.798. The van der Waals surface area contributed by atoms with Crippen LogP contribution in [0.15, 0.2) is 77.9 Å². The van der Waals surface area contributed by atoms with Gasteiger partial charge in [-0.15, -0.1) is 0 Å². The van der Waals surface area contributed by atoms with Crippen molar-refractivity contribution in [2.75, 3.05) is 17.2 Å². The zero-order valence-corrected chi connectivity index (χ0v) is 12.5. The molecule has 0 fully saturated rings. The molecule has 2 aromatic carbocycles. The molecule has 2 bridgehead atoms. The van der Waals surface area contributed by atoms with Crippen LogP contribution in [0.3, 0.4) is 0 Å². The normalized spacial score (nSPS) is 18.8. The van der Waals surface area contributed by atoms with Gasteiger partial charge in [-0.2, -0.15) is 0 Å². The summed E-state index contributed by atoms with van der Waals surface area (Å²) in [5.41, 5.74) is 6.54. The molecule has 0 radical (unpaired) electrons. The molecule has 2 aliphatic rings. The first kappa shape index (κ1) is 13.2. The number of para-hydroxylation sites is 1. The van der Waals surface area contributed by atoms with Gasteiger partial charge in [-0.3, -0.25) is 0 Å². The zero-order valence-electron chi connectivity index (χ0n) is 12.5. The molecule has 0 saturated heterocycles. The summed E-state index contributed by atoms with van der Waals surface area (Å²) < 4.78 is 0. The van der Waals surface area contributed by atoms with Crippen molar-refractivity contribution in [3.05, 3.63) is 77.9 Å². The molecule has 0 saturated carbocycles. The number of hydrogen-bond donors (Lipinski definition) is 2. The molecule has 0 heterocycles. The van der Waals surface area contributed by atoms with Crippen molar-refractivity contribution in [3.63, 3.8) is 0 Å². The van der Waals surface area contributed by atoms with Crippen molar-refractivity contribution in [2.24, 2.45) is 5.92 Å². The molecule has 0 spiro atoms. The van der Waals surface area contributed by atoms with E-state index >= 15 is 0 Å². The lowest BCUT2D eigenvalue weighted by atomic mass is 10.0. The van der Waals surface area contributed by atoms with Gasteiger partial charge >= 0.3 is 0 Å². The number of fused-ring (bicyclic) bond motifs is 2. The first-order valence-electron chi connectivity index (χ1n) is 7.92. The van der Waals surface area contributed by atoms with Gasteiger partial charge in [0.25, 0.3) is 0 Å². The minimum Gasteiger partial charge on any atom is -0.381 e. The van der Waals surface area contributed by atoms with Crippen LogP contribution in [0.4, 0.5) is 17.1 Å². The Bertz CT molecular complexity index is 711. The van der Waals surface area contributed by atoms with Crippen molar-refractivity contribution >= 4 is 17.1 Å². The molecule has 1 unspecified atom stereocenters. The summed E-state index contributed by atoms with van der Waals surface area (Å²) in [6.45, 7) is 0.974. The van der Waals surface area contributed by atoms with E-state index in [4.69, 9.17) is 0 Å². The van der Waals surface area contributed by atoms with Crippen molar-refractivity contribution in [1.82, 2.24) is 0 Å². The van der Waals surface area contributed by atoms with Crippen molar-refractivity contribution < 1.29 is 0 Å². The molecular formula is C20H20N2. The standard InChI is InChI=1S/C20H20N2/c1-2-4-19(5-3-1)22-20-10-8-18(9-11-20)21-14-17-13-15-6-7-16(17)12-15/h1-11,15,21-22H,12-14H2. The monoisotopic (exact) mass is 288 g/mol. The summed E-state index contributed by atoms with van der Waals surface area (Å²) >= 11 is 0. The van der Waals surface area contributed by atoms with Crippen LogP contribution in [0, 0.1) is 5.92 Å². The van der Waals surface area contributed by atoms with E-state index in [1.54, 1.807) is 11.1 Å². The molecule has 110 valence electrons. The van der Waals surface area contributed by atoms with Crippen molar-refractivity contribution in [1.29, 1.82) is 0 Å². The highest BCUT2D eigenvalue weighted by molar-refractivity contribution is 5.62. The van der Waals surface area contributed by atoms with E-state index in [-0.39, 0.29) is 0 Å². The number of hydrogen-bond acceptors (Lipinski definition) is 2. The third-order valence-electron chi connectivity index (χ3n) is 4.47. The fourth-order valence-corrected chi connectivity index (χ4v) is 3.27. The molecular weight excluding hydrogens is 268 g/mol. The lowest BCUT2D eigenvalue weighted by Crippen LogP contribution is -2.06. The highest BCUT2D eigenvalue weighted by atomic mass is 14.9. The maximum atomic E-state index is 3.54. The topological polar surface area (TPSA) is 24.1 Å². The van der Waals surface area contributed by atoms with Gasteiger partial charge in [-0.1, -0.05) is 30.4 Å². The largest absolute Gasteiger partial charge is 0.381 e. The Kier molecular flexibility index (Phi) is 3.43. The summed E-state index contributed by atoms with van der Waals surface area (Å²) in [6, 6.07) is 18.8. The molecule has 0 aliphatic heterocycles. The fourth-order valence-electron chi connectivity index (χ4n) is 3.27. The second kappa shape index (κ2) is 5.72. The van der Waals surface area contributed by atoms with E-state index in [0.717, 1.165) is 23.8 Å². The number of benzene rings is 2. The van der Waals surface area contributed by atoms with Gasteiger partial charge in [0.2, 0.25) is 0 Å². The zero-order chi connectivity index (χ0) is 14.8. The van der Waals surface area contributed by atoms with Crippen LogP contribution in [0.1, 0.15) is 12.8 Å². The first-order chi connectivity index (χ1) is 10.9. The van der Waals surface area contributed by atoms with Crippen LogP contribution >= 0.6 is 0 Å². The molecule has 1 atom stereocenters. The lowest BCUT2D eigenvalue weighted by Gasteiger charge is -2.12. The number of anilines is 3. The highest BCUT2D eigenvalue weighted by Gasteiger charge is 2.24. The van der Waals surface area contributed by atoms with Crippen LogP contribution in [0.2, 0.25) is 0 Å². The van der Waals surface area contributed by atoms with Gasteiger partial charge in [0, 0.05) is 23.6 Å². The molecule has 0 amide bonds. The van der Waals surface area contributed by atoms with Gasteiger partial charge in [-0.25, -0.2) is 0 Å². The second-order valence-electron chi connectivity index (χ2n) is 6.08. The molecule has 0 aromatic heterocycles. The Morgan fingerprint density at radius 3 is 2.23 bits per heavy atom. The van der Waals surface area contributed by atoms with E-state index in [9.17, 15) is 0 Å². The maximum Gasteiger partial charge on any atom is 0.0385 e. The molecule has 2 aromatic rings. The van der Waals surface area contributed by atoms with Crippen LogP contribution in [0.5, 0.6) is 0 Å². The molecule has 2 nitrogen and oxygen atoms in total. The predicted molar refractivity (Wildman–Crippen MR) is 93.5 cm³/mol. The van der Waals surface area contributed by atoms with Gasteiger partial charge in [0.15, 0.2) is 0 Å². The maximum absolute atomic E-state index is 3.54. The highest BCUT2D eigenvalue weighted by Crippen LogP contribution is 2.38. The van der Waals surface area contributed by atoms with E-state index in [0.29, 0.717) is 0 Å².